The summed E-state index contributed by atoms with van der Waals surface area (Å²) in [6.45, 7) is 8.46. The van der Waals surface area contributed by atoms with Crippen LogP contribution < -0.4 is 5.32 Å². The van der Waals surface area contributed by atoms with Gasteiger partial charge in [-0.2, -0.15) is 0 Å². The van der Waals surface area contributed by atoms with Gasteiger partial charge in [-0.1, -0.05) is 53.4 Å². The van der Waals surface area contributed by atoms with E-state index in [0.717, 1.165) is 43.9 Å². The number of aliphatic carboxylic acids is 1. The van der Waals surface area contributed by atoms with E-state index < -0.39 is 17.4 Å². The molecule has 1 saturated carbocycles. The maximum Gasteiger partial charge on any atom is 0.326 e. The zero-order valence-electron chi connectivity index (χ0n) is 15.4. The first-order chi connectivity index (χ1) is 10.8. The molecule has 1 aliphatic rings. The number of carbonyl (C=O) groups excluding carboxylic acids is 1. The molecule has 4 nitrogen and oxygen atoms in total. The van der Waals surface area contributed by atoms with Crippen LogP contribution >= 0.6 is 0 Å². The zero-order valence-corrected chi connectivity index (χ0v) is 15.4. The highest BCUT2D eigenvalue weighted by molar-refractivity contribution is 5.87. The van der Waals surface area contributed by atoms with E-state index in [2.05, 4.69) is 19.2 Å². The van der Waals surface area contributed by atoms with Crippen molar-refractivity contribution in [1.29, 1.82) is 0 Å². The molecule has 1 fully saturated rings. The van der Waals surface area contributed by atoms with Gasteiger partial charge >= 0.3 is 5.97 Å². The van der Waals surface area contributed by atoms with Gasteiger partial charge in [0.2, 0.25) is 5.91 Å². The van der Waals surface area contributed by atoms with Gasteiger partial charge in [0.15, 0.2) is 0 Å². The van der Waals surface area contributed by atoms with Gasteiger partial charge in [0.1, 0.15) is 6.04 Å². The number of hydrogen-bond acceptors (Lipinski definition) is 2. The fourth-order valence-corrected chi connectivity index (χ4v) is 3.52. The molecule has 4 heteroatoms. The Morgan fingerprint density at radius 2 is 1.83 bits per heavy atom. The summed E-state index contributed by atoms with van der Waals surface area (Å²) >= 11 is 0. The maximum absolute atomic E-state index is 12.5. The number of rotatable bonds is 9. The molecule has 0 spiro atoms. The third-order valence-corrected chi connectivity index (χ3v) is 5.33. The van der Waals surface area contributed by atoms with Crippen LogP contribution in [0.3, 0.4) is 0 Å². The minimum Gasteiger partial charge on any atom is -0.480 e. The molecule has 134 valence electrons. The monoisotopic (exact) mass is 325 g/mol. The molecule has 23 heavy (non-hydrogen) atoms. The van der Waals surface area contributed by atoms with Crippen LogP contribution in [0.2, 0.25) is 0 Å². The van der Waals surface area contributed by atoms with Crippen molar-refractivity contribution in [2.45, 2.75) is 91.5 Å². The Morgan fingerprint density at radius 1 is 1.22 bits per heavy atom. The van der Waals surface area contributed by atoms with E-state index in [1.165, 1.54) is 19.3 Å². The van der Waals surface area contributed by atoms with Gasteiger partial charge in [-0.15, -0.1) is 0 Å². The summed E-state index contributed by atoms with van der Waals surface area (Å²) in [5, 5.41) is 12.0. The highest BCUT2D eigenvalue weighted by atomic mass is 16.4. The summed E-state index contributed by atoms with van der Waals surface area (Å²) in [5.74, 6) is 0.506. The molecule has 0 aliphatic heterocycles. The molecule has 0 heterocycles. The molecule has 1 aliphatic carbocycles. The van der Waals surface area contributed by atoms with Gasteiger partial charge in [0, 0.05) is 5.41 Å². The van der Waals surface area contributed by atoms with Crippen LogP contribution in [-0.4, -0.2) is 23.0 Å². The van der Waals surface area contributed by atoms with Crippen molar-refractivity contribution in [3.8, 4) is 0 Å². The molecule has 0 aromatic rings. The first-order valence-corrected chi connectivity index (χ1v) is 9.32. The smallest absolute Gasteiger partial charge is 0.326 e. The van der Waals surface area contributed by atoms with Gasteiger partial charge in [0.25, 0.3) is 0 Å². The first kappa shape index (κ1) is 20.0. The molecule has 0 aromatic carbocycles. The Bertz CT molecular complexity index is 384. The highest BCUT2D eigenvalue weighted by Crippen LogP contribution is 2.40. The van der Waals surface area contributed by atoms with E-state index >= 15 is 0 Å². The van der Waals surface area contributed by atoms with Crippen LogP contribution in [0.15, 0.2) is 0 Å². The summed E-state index contributed by atoms with van der Waals surface area (Å²) < 4.78 is 0. The zero-order chi connectivity index (χ0) is 17.5. The Hall–Kier alpha value is -1.06. The SMILES string of the molecule is CCC[C@H](NC(=O)[C@]1(C)CC[C@@H](CCCC(C)C)CC1)C(=O)O. The van der Waals surface area contributed by atoms with Crippen LogP contribution in [0.25, 0.3) is 0 Å². The first-order valence-electron chi connectivity index (χ1n) is 9.32. The number of amides is 1. The van der Waals surface area contributed by atoms with Gasteiger partial charge in [-0.25, -0.2) is 4.79 Å². The second-order valence-corrected chi connectivity index (χ2v) is 7.98. The molecule has 1 amide bonds. The van der Waals surface area contributed by atoms with Crippen molar-refractivity contribution in [1.82, 2.24) is 5.32 Å². The van der Waals surface area contributed by atoms with Crippen molar-refractivity contribution < 1.29 is 14.7 Å². The molecule has 0 unspecified atom stereocenters. The Morgan fingerprint density at radius 3 is 2.30 bits per heavy atom. The minimum atomic E-state index is -0.925. The lowest BCUT2D eigenvalue weighted by Crippen LogP contribution is -2.48. The standard InChI is InChI=1S/C19H35NO3/c1-5-7-16(17(21)22)20-18(23)19(4)12-10-15(11-13-19)9-6-8-14(2)3/h14-16H,5-13H2,1-4H3,(H,20,23)(H,21,22)/t15-,16-,19-/m0/s1. The molecule has 0 bridgehead atoms. The topological polar surface area (TPSA) is 66.4 Å². The fourth-order valence-electron chi connectivity index (χ4n) is 3.52. The van der Waals surface area contributed by atoms with Crippen molar-refractivity contribution in [3.63, 3.8) is 0 Å². The molecule has 0 aromatic heterocycles. The second kappa shape index (κ2) is 9.29. The Labute approximate surface area is 141 Å². The van der Waals surface area contributed by atoms with E-state index in [1.54, 1.807) is 0 Å². The predicted octanol–water partition coefficient (Wildman–Crippen LogP) is 4.38. The Balaban J connectivity index is 2.45. The molecule has 2 N–H and O–H groups in total. The minimum absolute atomic E-state index is 0.0704. The number of carbonyl (C=O) groups is 2. The largest absolute Gasteiger partial charge is 0.480 e. The lowest BCUT2D eigenvalue weighted by Gasteiger charge is -2.37. The summed E-state index contributed by atoms with van der Waals surface area (Å²) in [5.41, 5.74) is -0.393. The second-order valence-electron chi connectivity index (χ2n) is 7.98. The van der Waals surface area contributed by atoms with Gasteiger partial charge < -0.3 is 10.4 Å². The van der Waals surface area contributed by atoms with Gasteiger partial charge in [-0.05, 0) is 43.9 Å². The van der Waals surface area contributed by atoms with E-state index in [1.807, 2.05) is 13.8 Å². The summed E-state index contributed by atoms with van der Waals surface area (Å²) in [6, 6.07) is -0.743. The van der Waals surface area contributed by atoms with Crippen LogP contribution in [0, 0.1) is 17.3 Å². The molecular formula is C19H35NO3. The maximum atomic E-state index is 12.5. The normalized spacial score (nSPS) is 26.0. The number of nitrogens with one attached hydrogen (secondary N) is 1. The van der Waals surface area contributed by atoms with Gasteiger partial charge in [-0.3, -0.25) is 4.79 Å². The predicted molar refractivity (Wildman–Crippen MR) is 93.2 cm³/mol. The number of hydrogen-bond donors (Lipinski definition) is 2. The Kier molecular flexibility index (Phi) is 8.07. The van der Waals surface area contributed by atoms with E-state index in [4.69, 9.17) is 0 Å². The average molecular weight is 325 g/mol. The molecule has 1 atom stereocenters. The van der Waals surface area contributed by atoms with E-state index in [-0.39, 0.29) is 5.91 Å². The third kappa shape index (κ3) is 6.52. The lowest BCUT2D eigenvalue weighted by molar-refractivity contribution is -0.144. The van der Waals surface area contributed by atoms with Crippen molar-refractivity contribution >= 4 is 11.9 Å². The lowest BCUT2D eigenvalue weighted by atomic mass is 9.70. The van der Waals surface area contributed by atoms with Crippen molar-refractivity contribution in [2.24, 2.45) is 17.3 Å². The summed E-state index contributed by atoms with van der Waals surface area (Å²) in [4.78, 5) is 23.8. The molecule has 1 rings (SSSR count). The highest BCUT2D eigenvalue weighted by Gasteiger charge is 2.38. The summed E-state index contributed by atoms with van der Waals surface area (Å²) in [6.07, 6.45) is 9.02. The van der Waals surface area contributed by atoms with E-state index in [0.29, 0.717) is 6.42 Å². The van der Waals surface area contributed by atoms with Crippen LogP contribution in [0.4, 0.5) is 0 Å². The fraction of sp³-hybridized carbons (Fsp3) is 0.895. The quantitative estimate of drug-likeness (QED) is 0.661. The van der Waals surface area contributed by atoms with Gasteiger partial charge in [0.05, 0.1) is 0 Å². The van der Waals surface area contributed by atoms with Crippen LogP contribution in [0.1, 0.15) is 85.5 Å². The van der Waals surface area contributed by atoms with Crippen molar-refractivity contribution in [2.75, 3.05) is 0 Å². The summed E-state index contributed by atoms with van der Waals surface area (Å²) in [7, 11) is 0. The number of carboxylic acid groups (broad SMARTS) is 1. The van der Waals surface area contributed by atoms with Crippen LogP contribution in [0.5, 0.6) is 0 Å². The molecular weight excluding hydrogens is 290 g/mol. The van der Waals surface area contributed by atoms with E-state index in [9.17, 15) is 14.7 Å². The van der Waals surface area contributed by atoms with Crippen LogP contribution in [-0.2, 0) is 9.59 Å². The molecule has 0 saturated heterocycles. The number of carboxylic acids is 1. The molecule has 0 radical (unpaired) electrons. The third-order valence-electron chi connectivity index (χ3n) is 5.33. The average Bonchev–Trinajstić information content (AvgIpc) is 2.48. The van der Waals surface area contributed by atoms with Crippen molar-refractivity contribution in [3.05, 3.63) is 0 Å².